The molecule has 1 N–H and O–H groups in total. The number of nitrogens with zero attached hydrogens (tertiary/aromatic N) is 2. The standard InChI is InChI=1S/C22H23N3O3/c1-15(13-25-19-9-5-6-10-20(19)28-22(25)27)23-21(26)12-11-16-14-24(2)18-8-4-3-7-17(16)18/h3-10,14-15H,11-13H2,1-2H3,(H,23,26)/t15-/m1/s1. The van der Waals surface area contributed by atoms with Gasteiger partial charge in [-0.1, -0.05) is 30.3 Å². The number of amides is 1. The van der Waals surface area contributed by atoms with E-state index >= 15 is 0 Å². The summed E-state index contributed by atoms with van der Waals surface area (Å²) >= 11 is 0. The Kier molecular flexibility index (Phi) is 4.77. The lowest BCUT2D eigenvalue weighted by Crippen LogP contribution is -2.37. The van der Waals surface area contributed by atoms with Crippen LogP contribution in [0.15, 0.2) is 63.9 Å². The molecule has 0 aliphatic carbocycles. The van der Waals surface area contributed by atoms with Gasteiger partial charge in [0, 0.05) is 43.2 Å². The fourth-order valence-corrected chi connectivity index (χ4v) is 3.73. The molecular weight excluding hydrogens is 354 g/mol. The van der Waals surface area contributed by atoms with E-state index in [1.54, 1.807) is 10.6 Å². The largest absolute Gasteiger partial charge is 0.420 e. The van der Waals surface area contributed by atoms with Crippen LogP contribution in [-0.2, 0) is 24.8 Å². The van der Waals surface area contributed by atoms with E-state index in [4.69, 9.17) is 4.42 Å². The summed E-state index contributed by atoms with van der Waals surface area (Å²) in [6.07, 6.45) is 3.16. The Morgan fingerprint density at radius 3 is 2.64 bits per heavy atom. The molecule has 2 aromatic carbocycles. The molecule has 0 fully saturated rings. The molecule has 4 aromatic rings. The Bertz CT molecular complexity index is 1200. The predicted molar refractivity (Wildman–Crippen MR) is 109 cm³/mol. The van der Waals surface area contributed by atoms with Gasteiger partial charge in [0.15, 0.2) is 5.58 Å². The number of aromatic nitrogens is 2. The average molecular weight is 377 g/mol. The van der Waals surface area contributed by atoms with E-state index < -0.39 is 5.76 Å². The number of carbonyl (C=O) groups excluding carboxylic acids is 1. The van der Waals surface area contributed by atoms with Gasteiger partial charge in [-0.3, -0.25) is 9.36 Å². The molecule has 0 bridgehead atoms. The first-order valence-corrected chi connectivity index (χ1v) is 9.43. The Morgan fingerprint density at radius 2 is 1.82 bits per heavy atom. The molecule has 2 aromatic heterocycles. The van der Waals surface area contributed by atoms with Crippen molar-refractivity contribution in [3.8, 4) is 0 Å². The van der Waals surface area contributed by atoms with Crippen molar-refractivity contribution >= 4 is 27.9 Å². The van der Waals surface area contributed by atoms with Gasteiger partial charge in [-0.15, -0.1) is 0 Å². The summed E-state index contributed by atoms with van der Waals surface area (Å²) in [5.41, 5.74) is 3.63. The predicted octanol–water partition coefficient (Wildman–Crippen LogP) is 3.22. The summed E-state index contributed by atoms with van der Waals surface area (Å²) in [5.74, 6) is -0.431. The number of para-hydroxylation sites is 3. The van der Waals surface area contributed by atoms with Crippen LogP contribution >= 0.6 is 0 Å². The van der Waals surface area contributed by atoms with Gasteiger partial charge in [0.1, 0.15) is 0 Å². The highest BCUT2D eigenvalue weighted by Crippen LogP contribution is 2.21. The molecule has 1 atom stereocenters. The van der Waals surface area contributed by atoms with Crippen LogP contribution in [0.4, 0.5) is 0 Å². The summed E-state index contributed by atoms with van der Waals surface area (Å²) in [5, 5.41) is 4.17. The maximum atomic E-state index is 12.4. The molecule has 0 aliphatic rings. The minimum atomic E-state index is -0.405. The van der Waals surface area contributed by atoms with Crippen molar-refractivity contribution in [2.24, 2.45) is 7.05 Å². The van der Waals surface area contributed by atoms with Gasteiger partial charge in [0.25, 0.3) is 0 Å². The zero-order valence-corrected chi connectivity index (χ0v) is 16.0. The van der Waals surface area contributed by atoms with Crippen LogP contribution in [-0.4, -0.2) is 21.1 Å². The second-order valence-electron chi connectivity index (χ2n) is 7.20. The summed E-state index contributed by atoms with van der Waals surface area (Å²) < 4.78 is 8.89. The fourth-order valence-electron chi connectivity index (χ4n) is 3.73. The molecule has 0 saturated heterocycles. The van der Waals surface area contributed by atoms with Gasteiger partial charge in [0.05, 0.1) is 5.52 Å². The molecule has 0 spiro atoms. The maximum Gasteiger partial charge on any atom is 0.420 e. The van der Waals surface area contributed by atoms with Crippen LogP contribution in [0, 0.1) is 0 Å². The van der Waals surface area contributed by atoms with E-state index in [9.17, 15) is 9.59 Å². The van der Waals surface area contributed by atoms with Crippen molar-refractivity contribution in [3.63, 3.8) is 0 Å². The highest BCUT2D eigenvalue weighted by molar-refractivity contribution is 5.85. The highest BCUT2D eigenvalue weighted by atomic mass is 16.4. The van der Waals surface area contributed by atoms with Crippen LogP contribution in [0.2, 0.25) is 0 Å². The van der Waals surface area contributed by atoms with Gasteiger partial charge >= 0.3 is 5.76 Å². The van der Waals surface area contributed by atoms with Gasteiger partial charge in [-0.25, -0.2) is 4.79 Å². The minimum absolute atomic E-state index is 0.0266. The van der Waals surface area contributed by atoms with Gasteiger partial charge in [-0.05, 0) is 37.1 Å². The molecule has 6 nitrogen and oxygen atoms in total. The molecule has 2 heterocycles. The van der Waals surface area contributed by atoms with Crippen molar-refractivity contribution in [2.75, 3.05) is 0 Å². The molecule has 144 valence electrons. The van der Waals surface area contributed by atoms with Crippen LogP contribution < -0.4 is 11.1 Å². The number of benzene rings is 2. The number of hydrogen-bond donors (Lipinski definition) is 1. The zero-order chi connectivity index (χ0) is 19.7. The maximum absolute atomic E-state index is 12.4. The SMILES string of the molecule is C[C@H](Cn1c(=O)oc2ccccc21)NC(=O)CCc1cn(C)c2ccccc12. The Labute approximate surface area is 162 Å². The van der Waals surface area contributed by atoms with Crippen molar-refractivity contribution in [1.29, 1.82) is 0 Å². The first-order valence-electron chi connectivity index (χ1n) is 9.43. The molecule has 4 rings (SSSR count). The highest BCUT2D eigenvalue weighted by Gasteiger charge is 2.14. The smallest absolute Gasteiger partial charge is 0.408 e. The topological polar surface area (TPSA) is 69.2 Å². The van der Waals surface area contributed by atoms with E-state index in [2.05, 4.69) is 28.2 Å². The van der Waals surface area contributed by atoms with Crippen LogP contribution in [0.1, 0.15) is 18.9 Å². The number of fused-ring (bicyclic) bond motifs is 2. The normalized spacial score (nSPS) is 12.5. The molecule has 28 heavy (non-hydrogen) atoms. The van der Waals surface area contributed by atoms with E-state index in [0.717, 1.165) is 16.6 Å². The van der Waals surface area contributed by atoms with Crippen molar-refractivity contribution in [3.05, 3.63) is 70.8 Å². The van der Waals surface area contributed by atoms with Crippen LogP contribution in [0.25, 0.3) is 22.0 Å². The number of oxazole rings is 1. The van der Waals surface area contributed by atoms with Crippen LogP contribution in [0.5, 0.6) is 0 Å². The Hall–Kier alpha value is -3.28. The van der Waals surface area contributed by atoms with Gasteiger partial charge in [0.2, 0.25) is 5.91 Å². The van der Waals surface area contributed by atoms with E-state index in [-0.39, 0.29) is 11.9 Å². The molecule has 6 heteroatoms. The summed E-state index contributed by atoms with van der Waals surface area (Å²) in [7, 11) is 2.01. The lowest BCUT2D eigenvalue weighted by Gasteiger charge is -2.14. The summed E-state index contributed by atoms with van der Waals surface area (Å²) in [6.45, 7) is 2.26. The van der Waals surface area contributed by atoms with Crippen molar-refractivity contribution in [2.45, 2.75) is 32.4 Å². The average Bonchev–Trinajstić information content (AvgIpc) is 3.17. The quantitative estimate of drug-likeness (QED) is 0.561. The number of aryl methyl sites for hydroxylation is 2. The second kappa shape index (κ2) is 7.38. The third-order valence-corrected chi connectivity index (χ3v) is 5.04. The number of carbonyl (C=O) groups is 1. The molecule has 0 unspecified atom stereocenters. The molecule has 1 amide bonds. The number of hydrogen-bond acceptors (Lipinski definition) is 3. The van der Waals surface area contributed by atoms with E-state index in [1.165, 1.54) is 5.39 Å². The first-order chi connectivity index (χ1) is 13.5. The molecule has 0 aliphatic heterocycles. The third kappa shape index (κ3) is 3.45. The molecule has 0 saturated carbocycles. The zero-order valence-electron chi connectivity index (χ0n) is 16.0. The first kappa shape index (κ1) is 18.1. The lowest BCUT2D eigenvalue weighted by atomic mass is 10.1. The van der Waals surface area contributed by atoms with Gasteiger partial charge < -0.3 is 14.3 Å². The Balaban J connectivity index is 1.39. The molecule has 0 radical (unpaired) electrons. The van der Waals surface area contributed by atoms with Crippen LogP contribution in [0.3, 0.4) is 0 Å². The minimum Gasteiger partial charge on any atom is -0.408 e. The third-order valence-electron chi connectivity index (χ3n) is 5.04. The summed E-state index contributed by atoms with van der Waals surface area (Å²) in [4.78, 5) is 24.5. The number of rotatable bonds is 6. The summed E-state index contributed by atoms with van der Waals surface area (Å²) in [6, 6.07) is 15.3. The van der Waals surface area contributed by atoms with E-state index in [0.29, 0.717) is 25.0 Å². The van der Waals surface area contributed by atoms with Crippen molar-refractivity contribution < 1.29 is 9.21 Å². The van der Waals surface area contributed by atoms with Crippen molar-refractivity contribution in [1.82, 2.24) is 14.5 Å². The molecular formula is C22H23N3O3. The number of nitrogens with one attached hydrogen (secondary N) is 1. The van der Waals surface area contributed by atoms with E-state index in [1.807, 2.05) is 44.3 Å². The van der Waals surface area contributed by atoms with Gasteiger partial charge in [-0.2, -0.15) is 0 Å². The fraction of sp³-hybridized carbons (Fsp3) is 0.273. The monoisotopic (exact) mass is 377 g/mol. The lowest BCUT2D eigenvalue weighted by molar-refractivity contribution is -0.121. The Morgan fingerprint density at radius 1 is 1.11 bits per heavy atom. The second-order valence-corrected chi connectivity index (χ2v) is 7.20.